The number of hydrogen-bond acceptors (Lipinski definition) is 3. The molecule has 0 spiro atoms. The van der Waals surface area contributed by atoms with Crippen molar-refractivity contribution in [3.05, 3.63) is 34.3 Å². The normalized spacial score (nSPS) is 15.8. The third kappa shape index (κ3) is 5.06. The van der Waals surface area contributed by atoms with Crippen LogP contribution in [0, 0.1) is 0 Å². The van der Waals surface area contributed by atoms with Gasteiger partial charge in [-0.2, -0.15) is 0 Å². The quantitative estimate of drug-likeness (QED) is 0.797. The van der Waals surface area contributed by atoms with E-state index in [2.05, 4.69) is 26.0 Å². The standard InChI is InChI=1S/C12H17BrN2O2S/c13-11-3-1-10(2-4-11)9-15-18(16,17)8-7-14-12-5-6-12/h1-4,12,14-15H,5-9H2. The van der Waals surface area contributed by atoms with Gasteiger partial charge in [0.15, 0.2) is 0 Å². The first kappa shape index (κ1) is 14.0. The van der Waals surface area contributed by atoms with Gasteiger partial charge in [0.1, 0.15) is 0 Å². The fraction of sp³-hybridized carbons (Fsp3) is 0.500. The molecule has 0 aliphatic heterocycles. The van der Waals surface area contributed by atoms with Crippen LogP contribution in [0.2, 0.25) is 0 Å². The largest absolute Gasteiger partial charge is 0.313 e. The highest BCUT2D eigenvalue weighted by atomic mass is 79.9. The Bertz CT molecular complexity index is 483. The van der Waals surface area contributed by atoms with Crippen molar-refractivity contribution in [2.75, 3.05) is 12.3 Å². The van der Waals surface area contributed by atoms with Gasteiger partial charge in [0, 0.05) is 23.6 Å². The van der Waals surface area contributed by atoms with Crippen LogP contribution in [0.1, 0.15) is 18.4 Å². The maximum Gasteiger partial charge on any atom is 0.213 e. The molecule has 0 atom stereocenters. The van der Waals surface area contributed by atoms with E-state index in [-0.39, 0.29) is 5.75 Å². The maximum atomic E-state index is 11.7. The van der Waals surface area contributed by atoms with Crippen molar-refractivity contribution in [3.63, 3.8) is 0 Å². The van der Waals surface area contributed by atoms with E-state index in [4.69, 9.17) is 0 Å². The Morgan fingerprint density at radius 2 is 1.89 bits per heavy atom. The Balaban J connectivity index is 1.74. The Hall–Kier alpha value is -0.430. The first-order chi connectivity index (χ1) is 8.55. The van der Waals surface area contributed by atoms with Gasteiger partial charge in [0.2, 0.25) is 10.0 Å². The van der Waals surface area contributed by atoms with Gasteiger partial charge >= 0.3 is 0 Å². The van der Waals surface area contributed by atoms with Crippen LogP contribution in [0.5, 0.6) is 0 Å². The van der Waals surface area contributed by atoms with E-state index in [0.29, 0.717) is 19.1 Å². The molecule has 0 aromatic heterocycles. The van der Waals surface area contributed by atoms with Gasteiger partial charge in [-0.3, -0.25) is 0 Å². The monoisotopic (exact) mass is 332 g/mol. The molecule has 1 aromatic rings. The Kier molecular flexibility index (Phi) is 4.77. The van der Waals surface area contributed by atoms with E-state index in [1.807, 2.05) is 24.3 Å². The van der Waals surface area contributed by atoms with Crippen molar-refractivity contribution >= 4 is 26.0 Å². The number of rotatable bonds is 7. The molecule has 6 heteroatoms. The average molecular weight is 333 g/mol. The molecule has 100 valence electrons. The summed E-state index contributed by atoms with van der Waals surface area (Å²) in [6.07, 6.45) is 2.35. The van der Waals surface area contributed by atoms with Crippen LogP contribution in [0.3, 0.4) is 0 Å². The van der Waals surface area contributed by atoms with E-state index in [1.54, 1.807) is 0 Å². The molecule has 18 heavy (non-hydrogen) atoms. The molecule has 0 radical (unpaired) electrons. The van der Waals surface area contributed by atoms with Crippen LogP contribution in [0.4, 0.5) is 0 Å². The summed E-state index contributed by atoms with van der Waals surface area (Å²) in [6, 6.07) is 8.15. The summed E-state index contributed by atoms with van der Waals surface area (Å²) in [5.41, 5.74) is 0.955. The lowest BCUT2D eigenvalue weighted by atomic mass is 10.2. The zero-order chi connectivity index (χ0) is 13.0. The first-order valence-corrected chi connectivity index (χ1v) is 8.45. The number of benzene rings is 1. The lowest BCUT2D eigenvalue weighted by molar-refractivity contribution is 0.576. The molecule has 0 amide bonds. The second-order valence-electron chi connectivity index (χ2n) is 4.49. The molecular formula is C12H17BrN2O2S. The van der Waals surface area contributed by atoms with Crippen molar-refractivity contribution in [2.24, 2.45) is 0 Å². The van der Waals surface area contributed by atoms with Crippen LogP contribution in [0.15, 0.2) is 28.7 Å². The highest BCUT2D eigenvalue weighted by molar-refractivity contribution is 9.10. The van der Waals surface area contributed by atoms with Crippen LogP contribution in [-0.2, 0) is 16.6 Å². The smallest absolute Gasteiger partial charge is 0.213 e. The predicted molar refractivity (Wildman–Crippen MR) is 75.8 cm³/mol. The van der Waals surface area contributed by atoms with Gasteiger partial charge in [-0.1, -0.05) is 28.1 Å². The Labute approximate surface area is 116 Å². The maximum absolute atomic E-state index is 11.7. The molecule has 1 saturated carbocycles. The second-order valence-corrected chi connectivity index (χ2v) is 7.34. The molecule has 1 fully saturated rings. The van der Waals surface area contributed by atoms with E-state index < -0.39 is 10.0 Å². The summed E-state index contributed by atoms with van der Waals surface area (Å²) in [5.74, 6) is 0.139. The molecule has 2 rings (SSSR count). The molecule has 0 bridgehead atoms. The molecule has 1 aromatic carbocycles. The molecule has 0 saturated heterocycles. The van der Waals surface area contributed by atoms with Crippen molar-refractivity contribution in [3.8, 4) is 0 Å². The summed E-state index contributed by atoms with van der Waals surface area (Å²) in [7, 11) is -3.18. The molecule has 1 aliphatic carbocycles. The van der Waals surface area contributed by atoms with Crippen LogP contribution >= 0.6 is 15.9 Å². The van der Waals surface area contributed by atoms with Gasteiger partial charge in [-0.05, 0) is 30.5 Å². The van der Waals surface area contributed by atoms with Gasteiger partial charge < -0.3 is 5.32 Å². The van der Waals surface area contributed by atoms with Crippen molar-refractivity contribution in [2.45, 2.75) is 25.4 Å². The fourth-order valence-corrected chi connectivity index (χ4v) is 2.73. The van der Waals surface area contributed by atoms with Crippen LogP contribution < -0.4 is 10.0 Å². The summed E-state index contributed by atoms with van der Waals surface area (Å²) in [5, 5.41) is 3.19. The number of hydrogen-bond donors (Lipinski definition) is 2. The lowest BCUT2D eigenvalue weighted by Crippen LogP contribution is -2.32. The summed E-state index contributed by atoms with van der Waals surface area (Å²) < 4.78 is 27.0. The van der Waals surface area contributed by atoms with E-state index in [1.165, 1.54) is 12.8 Å². The van der Waals surface area contributed by atoms with Gasteiger partial charge in [-0.15, -0.1) is 0 Å². The lowest BCUT2D eigenvalue weighted by Gasteiger charge is -2.07. The number of nitrogens with one attached hydrogen (secondary N) is 2. The van der Waals surface area contributed by atoms with Gasteiger partial charge in [0.05, 0.1) is 5.75 Å². The van der Waals surface area contributed by atoms with Crippen molar-refractivity contribution in [1.82, 2.24) is 10.0 Å². The average Bonchev–Trinajstić information content (AvgIpc) is 3.12. The van der Waals surface area contributed by atoms with E-state index >= 15 is 0 Å². The summed E-state index contributed by atoms with van der Waals surface area (Å²) in [4.78, 5) is 0. The molecule has 0 heterocycles. The summed E-state index contributed by atoms with van der Waals surface area (Å²) >= 11 is 3.34. The minimum atomic E-state index is -3.18. The molecule has 1 aliphatic rings. The van der Waals surface area contributed by atoms with Gasteiger partial charge in [0.25, 0.3) is 0 Å². The summed E-state index contributed by atoms with van der Waals surface area (Å²) in [6.45, 7) is 0.874. The minimum Gasteiger partial charge on any atom is -0.313 e. The molecule has 2 N–H and O–H groups in total. The highest BCUT2D eigenvalue weighted by Crippen LogP contribution is 2.18. The zero-order valence-corrected chi connectivity index (χ0v) is 12.4. The predicted octanol–water partition coefficient (Wildman–Crippen LogP) is 1.62. The van der Waals surface area contributed by atoms with Crippen LogP contribution in [-0.4, -0.2) is 26.8 Å². The first-order valence-electron chi connectivity index (χ1n) is 6.00. The zero-order valence-electron chi connectivity index (χ0n) is 10.0. The second kappa shape index (κ2) is 6.14. The fourth-order valence-electron chi connectivity index (χ4n) is 1.55. The molecular weight excluding hydrogens is 316 g/mol. The third-order valence-corrected chi connectivity index (χ3v) is 4.65. The number of sulfonamides is 1. The molecule has 0 unspecified atom stereocenters. The van der Waals surface area contributed by atoms with Gasteiger partial charge in [-0.25, -0.2) is 13.1 Å². The minimum absolute atomic E-state index is 0.139. The van der Waals surface area contributed by atoms with E-state index in [0.717, 1.165) is 10.0 Å². The Morgan fingerprint density at radius 1 is 1.22 bits per heavy atom. The van der Waals surface area contributed by atoms with Crippen molar-refractivity contribution < 1.29 is 8.42 Å². The van der Waals surface area contributed by atoms with Crippen LogP contribution in [0.25, 0.3) is 0 Å². The number of halogens is 1. The highest BCUT2D eigenvalue weighted by Gasteiger charge is 2.21. The van der Waals surface area contributed by atoms with E-state index in [9.17, 15) is 8.42 Å². The topological polar surface area (TPSA) is 58.2 Å². The SMILES string of the molecule is O=S(=O)(CCNC1CC1)NCc1ccc(Br)cc1. The third-order valence-electron chi connectivity index (χ3n) is 2.79. The molecule has 4 nitrogen and oxygen atoms in total. The Morgan fingerprint density at radius 3 is 2.50 bits per heavy atom. The van der Waals surface area contributed by atoms with Crippen molar-refractivity contribution in [1.29, 1.82) is 0 Å².